The van der Waals surface area contributed by atoms with Gasteiger partial charge in [0.25, 0.3) is 5.91 Å². The summed E-state index contributed by atoms with van der Waals surface area (Å²) in [6.45, 7) is 5.84. The van der Waals surface area contributed by atoms with Crippen LogP contribution in [0.2, 0.25) is 0 Å². The van der Waals surface area contributed by atoms with Crippen molar-refractivity contribution < 1.29 is 14.3 Å². The van der Waals surface area contributed by atoms with Crippen molar-refractivity contribution >= 4 is 11.8 Å². The zero-order valence-corrected chi connectivity index (χ0v) is 19.2. The highest BCUT2D eigenvalue weighted by Gasteiger charge is 2.39. The van der Waals surface area contributed by atoms with Gasteiger partial charge in [0, 0.05) is 18.9 Å². The molecule has 1 saturated heterocycles. The van der Waals surface area contributed by atoms with Gasteiger partial charge in [-0.1, -0.05) is 24.3 Å². The van der Waals surface area contributed by atoms with Crippen LogP contribution in [0.15, 0.2) is 60.9 Å². The fraction of sp³-hybridized carbons (Fsp3) is 0.360. The molecule has 3 heterocycles. The number of aryl methyl sites for hydroxylation is 1. The maximum Gasteiger partial charge on any atom is 0.258 e. The molecule has 8 nitrogen and oxygen atoms in total. The van der Waals surface area contributed by atoms with Crippen LogP contribution in [-0.4, -0.2) is 49.9 Å². The summed E-state index contributed by atoms with van der Waals surface area (Å²) < 4.78 is 7.43. The van der Waals surface area contributed by atoms with E-state index in [1.165, 1.54) is 0 Å². The fourth-order valence-electron chi connectivity index (χ4n) is 4.16. The number of nitrogens with one attached hydrogen (secondary N) is 1. The Kier molecular flexibility index (Phi) is 6.44. The maximum atomic E-state index is 13.5. The monoisotopic (exact) mass is 447 g/mol. The quantitative estimate of drug-likeness (QED) is 0.601. The van der Waals surface area contributed by atoms with Gasteiger partial charge in [-0.25, -0.2) is 9.97 Å². The first-order valence-electron chi connectivity index (χ1n) is 11.1. The molecule has 172 valence electrons. The number of para-hydroxylation sites is 1. The second-order valence-electron chi connectivity index (χ2n) is 8.70. The number of aromatic nitrogens is 3. The minimum atomic E-state index is -1.07. The summed E-state index contributed by atoms with van der Waals surface area (Å²) in [6.07, 6.45) is 5.32. The second kappa shape index (κ2) is 9.44. The van der Waals surface area contributed by atoms with Crippen molar-refractivity contribution in [1.29, 1.82) is 0 Å². The first-order chi connectivity index (χ1) is 15.8. The summed E-state index contributed by atoms with van der Waals surface area (Å²) in [6, 6.07) is 14.8. The summed E-state index contributed by atoms with van der Waals surface area (Å²) in [7, 11) is 0. The van der Waals surface area contributed by atoms with Gasteiger partial charge in [-0.2, -0.15) is 0 Å². The van der Waals surface area contributed by atoms with Crippen molar-refractivity contribution in [2.24, 2.45) is 0 Å². The summed E-state index contributed by atoms with van der Waals surface area (Å²) in [5.74, 6) is 1.75. The number of pyridine rings is 1. The summed E-state index contributed by atoms with van der Waals surface area (Å²) in [5.41, 5.74) is -0.237. The van der Waals surface area contributed by atoms with Crippen LogP contribution in [0, 0.1) is 6.92 Å². The van der Waals surface area contributed by atoms with E-state index < -0.39 is 5.54 Å². The van der Waals surface area contributed by atoms with E-state index in [2.05, 4.69) is 10.3 Å². The molecule has 1 atom stereocenters. The molecule has 2 aromatic heterocycles. The highest BCUT2D eigenvalue weighted by Crippen LogP contribution is 2.33. The van der Waals surface area contributed by atoms with Gasteiger partial charge in [0.1, 0.15) is 22.9 Å². The Hall–Kier alpha value is -3.68. The van der Waals surface area contributed by atoms with Crippen molar-refractivity contribution in [1.82, 2.24) is 24.8 Å². The Morgan fingerprint density at radius 1 is 1.15 bits per heavy atom. The van der Waals surface area contributed by atoms with E-state index in [1.54, 1.807) is 32.2 Å². The lowest BCUT2D eigenvalue weighted by atomic mass is 10.0. The van der Waals surface area contributed by atoms with Crippen LogP contribution in [0.1, 0.15) is 44.2 Å². The molecule has 0 unspecified atom stereocenters. The minimum Gasteiger partial charge on any atom is -0.484 e. The normalized spacial score (nSPS) is 16.0. The Balaban J connectivity index is 1.44. The van der Waals surface area contributed by atoms with Crippen molar-refractivity contribution in [3.63, 3.8) is 0 Å². The molecular formula is C25H29N5O3. The zero-order valence-electron chi connectivity index (χ0n) is 19.2. The molecule has 4 rings (SSSR count). The van der Waals surface area contributed by atoms with Crippen LogP contribution >= 0.6 is 0 Å². The molecular weight excluding hydrogens is 418 g/mol. The molecule has 0 aliphatic carbocycles. The lowest BCUT2D eigenvalue weighted by molar-refractivity contribution is -0.141. The van der Waals surface area contributed by atoms with Crippen LogP contribution in [0.25, 0.3) is 5.82 Å². The number of hydrogen-bond acceptors (Lipinski definition) is 5. The molecule has 2 amide bonds. The topological polar surface area (TPSA) is 89.4 Å². The third-order valence-electron chi connectivity index (χ3n) is 5.78. The fourth-order valence-corrected chi connectivity index (χ4v) is 4.16. The number of benzene rings is 1. The molecule has 1 aliphatic rings. The standard InChI is InChI=1S/C25H29N5O3/c1-18-26-14-16-29(18)22-13-7-11-20(27-22)21-12-8-15-30(21)24(32)25(2,3)28-23(31)17-33-19-9-5-4-6-10-19/h4-7,9-11,13-14,16,21H,8,12,15,17H2,1-3H3,(H,28,31)/t21-/m1/s1. The van der Waals surface area contributed by atoms with E-state index in [0.717, 1.165) is 30.2 Å². The van der Waals surface area contributed by atoms with Gasteiger partial charge in [-0.15, -0.1) is 0 Å². The molecule has 0 radical (unpaired) electrons. The smallest absolute Gasteiger partial charge is 0.258 e. The lowest BCUT2D eigenvalue weighted by Crippen LogP contribution is -2.56. The third-order valence-corrected chi connectivity index (χ3v) is 5.78. The number of amides is 2. The summed E-state index contributed by atoms with van der Waals surface area (Å²) in [5, 5.41) is 2.83. The Labute approximate surface area is 193 Å². The Bertz CT molecular complexity index is 1130. The molecule has 1 aromatic carbocycles. The van der Waals surface area contributed by atoms with E-state index in [4.69, 9.17) is 9.72 Å². The summed E-state index contributed by atoms with van der Waals surface area (Å²) >= 11 is 0. The average molecular weight is 448 g/mol. The van der Waals surface area contributed by atoms with Crippen LogP contribution < -0.4 is 10.1 Å². The van der Waals surface area contributed by atoms with Crippen LogP contribution in [-0.2, 0) is 9.59 Å². The number of imidazole rings is 1. The van der Waals surface area contributed by atoms with Crippen LogP contribution in [0.5, 0.6) is 5.75 Å². The first kappa shape index (κ1) is 22.5. The molecule has 8 heteroatoms. The van der Waals surface area contributed by atoms with Crippen LogP contribution in [0.3, 0.4) is 0 Å². The predicted molar refractivity (Wildman–Crippen MR) is 124 cm³/mol. The summed E-state index contributed by atoms with van der Waals surface area (Å²) in [4.78, 5) is 36.8. The number of ether oxygens (including phenoxy) is 1. The predicted octanol–water partition coefficient (Wildman–Crippen LogP) is 3.21. The van der Waals surface area contributed by atoms with E-state index in [0.29, 0.717) is 12.3 Å². The van der Waals surface area contributed by atoms with E-state index >= 15 is 0 Å². The van der Waals surface area contributed by atoms with Crippen molar-refractivity contribution in [2.45, 2.75) is 45.2 Å². The van der Waals surface area contributed by atoms with E-state index in [-0.39, 0.29) is 24.5 Å². The molecule has 1 fully saturated rings. The van der Waals surface area contributed by atoms with Gasteiger partial charge in [0.15, 0.2) is 6.61 Å². The number of hydrogen-bond donors (Lipinski definition) is 1. The molecule has 1 N–H and O–H groups in total. The Morgan fingerprint density at radius 3 is 2.67 bits per heavy atom. The molecule has 1 aliphatic heterocycles. The average Bonchev–Trinajstić information content (AvgIpc) is 3.47. The zero-order chi connectivity index (χ0) is 23.4. The number of carbonyl (C=O) groups is 2. The minimum absolute atomic E-state index is 0.135. The molecule has 0 spiro atoms. The van der Waals surface area contributed by atoms with Gasteiger partial charge >= 0.3 is 0 Å². The van der Waals surface area contributed by atoms with E-state index in [9.17, 15) is 9.59 Å². The van der Waals surface area contributed by atoms with Crippen molar-refractivity contribution in [3.8, 4) is 11.6 Å². The third kappa shape index (κ3) is 5.05. The largest absolute Gasteiger partial charge is 0.484 e. The highest BCUT2D eigenvalue weighted by molar-refractivity contribution is 5.91. The van der Waals surface area contributed by atoms with Crippen LogP contribution in [0.4, 0.5) is 0 Å². The van der Waals surface area contributed by atoms with Crippen molar-refractivity contribution in [3.05, 3.63) is 72.4 Å². The highest BCUT2D eigenvalue weighted by atomic mass is 16.5. The second-order valence-corrected chi connectivity index (χ2v) is 8.70. The van der Waals surface area contributed by atoms with Gasteiger partial charge in [0.2, 0.25) is 5.91 Å². The lowest BCUT2D eigenvalue weighted by Gasteiger charge is -2.33. The van der Waals surface area contributed by atoms with Gasteiger partial charge in [0.05, 0.1) is 11.7 Å². The molecule has 0 saturated carbocycles. The van der Waals surface area contributed by atoms with Crippen molar-refractivity contribution in [2.75, 3.05) is 13.2 Å². The molecule has 0 bridgehead atoms. The first-order valence-corrected chi connectivity index (χ1v) is 11.1. The van der Waals surface area contributed by atoms with E-state index in [1.807, 2.05) is 59.0 Å². The van der Waals surface area contributed by atoms with Gasteiger partial charge < -0.3 is 15.0 Å². The Morgan fingerprint density at radius 2 is 1.94 bits per heavy atom. The number of rotatable bonds is 7. The SMILES string of the molecule is Cc1nccn1-c1cccc([C@H]2CCCN2C(=O)C(C)(C)NC(=O)COc2ccccc2)n1. The number of carbonyl (C=O) groups excluding carboxylic acids is 2. The van der Waals surface area contributed by atoms with Gasteiger partial charge in [-0.3, -0.25) is 14.2 Å². The molecule has 3 aromatic rings. The number of nitrogens with zero attached hydrogens (tertiary/aromatic N) is 4. The molecule has 33 heavy (non-hydrogen) atoms. The number of likely N-dealkylation sites (tertiary alicyclic amines) is 1. The maximum absolute atomic E-state index is 13.5. The van der Waals surface area contributed by atoms with Gasteiger partial charge in [-0.05, 0) is 57.9 Å².